The molecule has 0 unspecified atom stereocenters. The third kappa shape index (κ3) is 2.97. The van der Waals surface area contributed by atoms with E-state index in [-0.39, 0.29) is 30.3 Å². The topological polar surface area (TPSA) is 96.6 Å². The van der Waals surface area contributed by atoms with Crippen LogP contribution < -0.4 is 10.6 Å². The van der Waals surface area contributed by atoms with E-state index >= 15 is 0 Å². The maximum absolute atomic E-state index is 13.3. The number of hydrogen-bond donors (Lipinski definition) is 2. The van der Waals surface area contributed by atoms with Crippen molar-refractivity contribution < 1.29 is 18.8 Å². The Labute approximate surface area is 172 Å². The number of carbonyl (C=O) groups is 3. The Balaban J connectivity index is 1.40. The van der Waals surface area contributed by atoms with Crippen molar-refractivity contribution in [3.63, 3.8) is 0 Å². The van der Waals surface area contributed by atoms with Crippen LogP contribution in [0.1, 0.15) is 27.3 Å². The number of nitrogens with one attached hydrogen (secondary N) is 2. The molecule has 0 saturated carbocycles. The van der Waals surface area contributed by atoms with Crippen LogP contribution in [0.2, 0.25) is 0 Å². The molecule has 5 rings (SSSR count). The Bertz CT molecular complexity index is 1150. The van der Waals surface area contributed by atoms with Crippen LogP contribution in [-0.4, -0.2) is 45.8 Å². The highest BCUT2D eigenvalue weighted by molar-refractivity contribution is 6.10. The minimum absolute atomic E-state index is 0.224. The zero-order valence-corrected chi connectivity index (χ0v) is 16.3. The molecule has 0 bridgehead atoms. The number of amides is 3. The van der Waals surface area contributed by atoms with E-state index in [4.69, 9.17) is 4.42 Å². The van der Waals surface area contributed by atoms with Crippen LogP contribution in [0.3, 0.4) is 0 Å². The molecule has 3 amide bonds. The van der Waals surface area contributed by atoms with Crippen LogP contribution in [0.4, 0.5) is 5.69 Å². The van der Waals surface area contributed by atoms with Crippen molar-refractivity contribution in [1.82, 2.24) is 14.8 Å². The van der Waals surface area contributed by atoms with Gasteiger partial charge in [-0.2, -0.15) is 0 Å². The van der Waals surface area contributed by atoms with Crippen LogP contribution in [0, 0.1) is 0 Å². The molecule has 3 aromatic rings. The maximum atomic E-state index is 13.3. The molecule has 152 valence electrons. The zero-order chi connectivity index (χ0) is 20.8. The van der Waals surface area contributed by atoms with Gasteiger partial charge in [0.1, 0.15) is 17.5 Å². The van der Waals surface area contributed by atoms with E-state index in [2.05, 4.69) is 10.6 Å². The van der Waals surface area contributed by atoms with Gasteiger partial charge >= 0.3 is 0 Å². The number of benzene rings is 1. The van der Waals surface area contributed by atoms with E-state index < -0.39 is 6.04 Å². The number of hydrogen-bond acceptors (Lipinski definition) is 4. The fraction of sp³-hybridized carbons (Fsp3) is 0.227. The molecule has 0 spiro atoms. The normalized spacial score (nSPS) is 20.4. The molecular weight excluding hydrogens is 384 g/mol. The maximum Gasteiger partial charge on any atom is 0.268 e. The molecule has 2 aliphatic heterocycles. The van der Waals surface area contributed by atoms with E-state index in [0.717, 1.165) is 5.56 Å². The Hall–Kier alpha value is -3.81. The summed E-state index contributed by atoms with van der Waals surface area (Å²) in [6.07, 6.45) is 3.73. The third-order valence-corrected chi connectivity index (χ3v) is 5.69. The van der Waals surface area contributed by atoms with Crippen LogP contribution >= 0.6 is 0 Å². The first-order valence-electron chi connectivity index (χ1n) is 9.73. The predicted octanol–water partition coefficient (Wildman–Crippen LogP) is 2.25. The average Bonchev–Trinajstić information content (AvgIpc) is 3.47. The van der Waals surface area contributed by atoms with Crippen LogP contribution in [0.5, 0.6) is 0 Å². The lowest BCUT2D eigenvalue weighted by Gasteiger charge is -2.20. The van der Waals surface area contributed by atoms with Crippen LogP contribution in [0.15, 0.2) is 59.3 Å². The van der Waals surface area contributed by atoms with Crippen molar-refractivity contribution in [2.75, 3.05) is 11.9 Å². The second kappa shape index (κ2) is 6.91. The van der Waals surface area contributed by atoms with Gasteiger partial charge in [0.15, 0.2) is 0 Å². The standard InChI is InChI=1S/C22H20N4O4/c1-25-8-2-4-17(25)20(27)23-14-11-18-21(28)24-16-7-6-13(19-5-3-9-30-19)10-15(16)22(29)26(18)12-14/h2-10,14,18H,11-12H2,1H3,(H,23,27)(H,24,28)/t14-,18-/m0/s1. The second-order valence-electron chi connectivity index (χ2n) is 7.61. The minimum Gasteiger partial charge on any atom is -0.464 e. The zero-order valence-electron chi connectivity index (χ0n) is 16.3. The Morgan fingerprint density at radius 1 is 1.20 bits per heavy atom. The van der Waals surface area contributed by atoms with Crippen LogP contribution in [0.25, 0.3) is 11.3 Å². The number of nitrogens with zero attached hydrogens (tertiary/aromatic N) is 2. The largest absolute Gasteiger partial charge is 0.464 e. The van der Waals surface area contributed by atoms with Gasteiger partial charge in [-0.15, -0.1) is 0 Å². The van der Waals surface area contributed by atoms with Crippen molar-refractivity contribution in [1.29, 1.82) is 0 Å². The smallest absolute Gasteiger partial charge is 0.268 e. The lowest BCUT2D eigenvalue weighted by atomic mass is 10.1. The molecule has 1 aromatic carbocycles. The summed E-state index contributed by atoms with van der Waals surface area (Å²) in [5.74, 6) is -0.0637. The summed E-state index contributed by atoms with van der Waals surface area (Å²) in [6, 6.07) is 11.4. The highest BCUT2D eigenvalue weighted by Gasteiger charge is 2.43. The molecule has 2 N–H and O–H groups in total. The number of fused-ring (bicyclic) bond motifs is 2. The molecule has 1 saturated heterocycles. The van der Waals surface area contributed by atoms with Gasteiger partial charge in [0.25, 0.3) is 11.8 Å². The lowest BCUT2D eigenvalue weighted by molar-refractivity contribution is -0.119. The number of furan rings is 1. The fourth-order valence-electron chi connectivity index (χ4n) is 4.17. The Morgan fingerprint density at radius 2 is 2.07 bits per heavy atom. The molecule has 2 atom stereocenters. The second-order valence-corrected chi connectivity index (χ2v) is 7.61. The van der Waals surface area contributed by atoms with E-state index in [1.165, 1.54) is 0 Å². The Kier molecular flexibility index (Phi) is 4.20. The highest BCUT2D eigenvalue weighted by atomic mass is 16.3. The first-order valence-corrected chi connectivity index (χ1v) is 9.73. The average molecular weight is 404 g/mol. The monoisotopic (exact) mass is 404 g/mol. The fourth-order valence-corrected chi connectivity index (χ4v) is 4.17. The van der Waals surface area contributed by atoms with Gasteiger partial charge in [-0.25, -0.2) is 0 Å². The van der Waals surface area contributed by atoms with Gasteiger partial charge in [-0.05, 0) is 48.9 Å². The summed E-state index contributed by atoms with van der Waals surface area (Å²) in [5, 5.41) is 5.81. The third-order valence-electron chi connectivity index (χ3n) is 5.69. The number of aromatic nitrogens is 1. The first-order chi connectivity index (χ1) is 14.5. The van der Waals surface area contributed by atoms with E-state index in [1.54, 1.807) is 59.3 Å². The molecule has 1 fully saturated rings. The van der Waals surface area contributed by atoms with E-state index in [0.29, 0.717) is 29.1 Å². The number of carbonyl (C=O) groups excluding carboxylic acids is 3. The number of rotatable bonds is 3. The summed E-state index contributed by atoms with van der Waals surface area (Å²) >= 11 is 0. The van der Waals surface area contributed by atoms with Gasteiger partial charge in [-0.1, -0.05) is 0 Å². The van der Waals surface area contributed by atoms with E-state index in [9.17, 15) is 14.4 Å². The van der Waals surface area contributed by atoms with Gasteiger partial charge in [0.05, 0.1) is 17.5 Å². The molecule has 30 heavy (non-hydrogen) atoms. The number of anilines is 1. The molecule has 8 nitrogen and oxygen atoms in total. The lowest BCUT2D eigenvalue weighted by Crippen LogP contribution is -2.41. The summed E-state index contributed by atoms with van der Waals surface area (Å²) in [5.41, 5.74) is 2.18. The summed E-state index contributed by atoms with van der Waals surface area (Å²) in [4.78, 5) is 40.2. The molecular formula is C22H20N4O4. The van der Waals surface area contributed by atoms with Crippen LogP contribution in [-0.2, 0) is 11.8 Å². The van der Waals surface area contributed by atoms with Gasteiger partial charge in [0, 0.05) is 31.4 Å². The molecule has 4 heterocycles. The van der Waals surface area contributed by atoms with Gasteiger partial charge in [0.2, 0.25) is 5.91 Å². The summed E-state index contributed by atoms with van der Waals surface area (Å²) in [7, 11) is 1.79. The van der Waals surface area contributed by atoms with Crippen molar-refractivity contribution in [3.8, 4) is 11.3 Å². The van der Waals surface area contributed by atoms with Crippen molar-refractivity contribution in [2.24, 2.45) is 7.05 Å². The van der Waals surface area contributed by atoms with E-state index in [1.807, 2.05) is 12.1 Å². The predicted molar refractivity (Wildman–Crippen MR) is 109 cm³/mol. The SMILES string of the molecule is Cn1cccc1C(=O)N[C@H]1C[C@H]2C(=O)Nc3ccc(-c4ccco4)cc3C(=O)N2C1. The quantitative estimate of drug-likeness (QED) is 0.700. The molecule has 8 heteroatoms. The summed E-state index contributed by atoms with van der Waals surface area (Å²) in [6.45, 7) is 0.275. The van der Waals surface area contributed by atoms with Crippen molar-refractivity contribution >= 4 is 23.4 Å². The minimum atomic E-state index is -0.629. The molecule has 2 aliphatic rings. The first kappa shape index (κ1) is 18.2. The summed E-state index contributed by atoms with van der Waals surface area (Å²) < 4.78 is 7.16. The highest BCUT2D eigenvalue weighted by Crippen LogP contribution is 2.32. The molecule has 2 aromatic heterocycles. The van der Waals surface area contributed by atoms with Crippen molar-refractivity contribution in [2.45, 2.75) is 18.5 Å². The molecule has 0 aliphatic carbocycles. The Morgan fingerprint density at radius 3 is 2.80 bits per heavy atom. The van der Waals surface area contributed by atoms with Gasteiger partial charge < -0.3 is 24.5 Å². The number of aryl methyl sites for hydroxylation is 1. The molecule has 0 radical (unpaired) electrons. The van der Waals surface area contributed by atoms with Gasteiger partial charge in [-0.3, -0.25) is 14.4 Å². The van der Waals surface area contributed by atoms with Crippen molar-refractivity contribution in [3.05, 3.63) is 66.2 Å².